The van der Waals surface area contributed by atoms with E-state index in [-0.39, 0.29) is 5.91 Å². The van der Waals surface area contributed by atoms with E-state index in [1.807, 2.05) is 19.9 Å². The first-order valence-electron chi connectivity index (χ1n) is 7.64. The molecule has 0 saturated heterocycles. The maximum Gasteiger partial charge on any atom is 0.225 e. The molecule has 0 bridgehead atoms. The van der Waals surface area contributed by atoms with Crippen LogP contribution in [0.1, 0.15) is 20.3 Å². The molecule has 0 aliphatic carbocycles. The number of aromatic nitrogens is 2. The highest BCUT2D eigenvalue weighted by molar-refractivity contribution is 5.89. The second-order valence-electron chi connectivity index (χ2n) is 5.64. The monoisotopic (exact) mass is 330 g/mol. The summed E-state index contributed by atoms with van der Waals surface area (Å²) >= 11 is 0. The average Bonchev–Trinajstić information content (AvgIpc) is 2.55. The Hall–Kier alpha value is -2.83. The van der Waals surface area contributed by atoms with Gasteiger partial charge in [0.1, 0.15) is 11.5 Å². The Balaban J connectivity index is 2.07. The first kappa shape index (κ1) is 17.5. The zero-order valence-electron chi connectivity index (χ0n) is 14.3. The van der Waals surface area contributed by atoms with E-state index < -0.39 is 0 Å². The summed E-state index contributed by atoms with van der Waals surface area (Å²) in [5, 5.41) is 13.9. The minimum absolute atomic E-state index is 0.0746. The molecule has 2 aromatic rings. The van der Waals surface area contributed by atoms with E-state index >= 15 is 0 Å². The van der Waals surface area contributed by atoms with Crippen LogP contribution in [-0.4, -0.2) is 30.3 Å². The number of amides is 1. The summed E-state index contributed by atoms with van der Waals surface area (Å²) in [6.07, 6.45) is 0.447. The molecule has 2 rings (SSSR count). The lowest BCUT2D eigenvalue weighted by molar-refractivity contribution is -0.116. The van der Waals surface area contributed by atoms with E-state index in [4.69, 9.17) is 9.47 Å². The van der Waals surface area contributed by atoms with Gasteiger partial charge in [0.15, 0.2) is 11.6 Å². The van der Waals surface area contributed by atoms with E-state index in [2.05, 4.69) is 20.8 Å². The topological polar surface area (TPSA) is 85.4 Å². The van der Waals surface area contributed by atoms with Crippen LogP contribution in [-0.2, 0) is 4.79 Å². The first-order chi connectivity index (χ1) is 11.5. The van der Waals surface area contributed by atoms with Crippen molar-refractivity contribution in [3.63, 3.8) is 0 Å². The molecule has 7 heteroatoms. The van der Waals surface area contributed by atoms with Gasteiger partial charge in [0.2, 0.25) is 5.91 Å². The standard InChI is InChI=1S/C17H22N4O3/c1-11(2)9-17(22)19-16-8-7-15(20-21-16)18-13-10-12(23-3)5-6-14(13)24-4/h5-8,10-11H,9H2,1-4H3,(H,18,20)(H,19,21,22). The SMILES string of the molecule is COc1ccc(OC)c(Nc2ccc(NC(=O)CC(C)C)nn2)c1. The Morgan fingerprint density at radius 1 is 1.08 bits per heavy atom. The predicted octanol–water partition coefficient (Wildman–Crippen LogP) is 3.22. The van der Waals surface area contributed by atoms with Crippen LogP contribution in [0.15, 0.2) is 30.3 Å². The van der Waals surface area contributed by atoms with Gasteiger partial charge < -0.3 is 20.1 Å². The fraction of sp³-hybridized carbons (Fsp3) is 0.353. The van der Waals surface area contributed by atoms with E-state index in [1.54, 1.807) is 38.5 Å². The quantitative estimate of drug-likeness (QED) is 0.811. The molecule has 0 spiro atoms. The molecule has 0 saturated carbocycles. The Kier molecular flexibility index (Phi) is 5.95. The minimum atomic E-state index is -0.0746. The first-order valence-corrected chi connectivity index (χ1v) is 7.64. The largest absolute Gasteiger partial charge is 0.497 e. The summed E-state index contributed by atoms with van der Waals surface area (Å²) in [6, 6.07) is 8.84. The maximum atomic E-state index is 11.7. The van der Waals surface area contributed by atoms with Crippen molar-refractivity contribution in [2.75, 3.05) is 24.9 Å². The van der Waals surface area contributed by atoms with Crippen molar-refractivity contribution in [2.24, 2.45) is 5.92 Å². The molecular formula is C17H22N4O3. The van der Waals surface area contributed by atoms with Gasteiger partial charge in [0.05, 0.1) is 19.9 Å². The summed E-state index contributed by atoms with van der Waals surface area (Å²) in [6.45, 7) is 3.97. The molecule has 0 unspecified atom stereocenters. The van der Waals surface area contributed by atoms with Crippen molar-refractivity contribution in [2.45, 2.75) is 20.3 Å². The van der Waals surface area contributed by atoms with Gasteiger partial charge in [-0.1, -0.05) is 13.8 Å². The summed E-state index contributed by atoms with van der Waals surface area (Å²) in [4.78, 5) is 11.7. The smallest absolute Gasteiger partial charge is 0.225 e. The third kappa shape index (κ3) is 4.84. The summed E-state index contributed by atoms with van der Waals surface area (Å²) in [5.41, 5.74) is 0.711. The fourth-order valence-corrected chi connectivity index (χ4v) is 2.08. The third-order valence-corrected chi connectivity index (χ3v) is 3.20. The Morgan fingerprint density at radius 3 is 2.38 bits per heavy atom. The van der Waals surface area contributed by atoms with Gasteiger partial charge in [-0.3, -0.25) is 4.79 Å². The molecule has 0 aliphatic heterocycles. The molecular weight excluding hydrogens is 308 g/mol. The van der Waals surface area contributed by atoms with E-state index in [0.717, 1.165) is 0 Å². The number of hydrogen-bond acceptors (Lipinski definition) is 6. The zero-order valence-corrected chi connectivity index (χ0v) is 14.3. The van der Waals surface area contributed by atoms with Crippen LogP contribution in [0, 0.1) is 5.92 Å². The third-order valence-electron chi connectivity index (χ3n) is 3.20. The minimum Gasteiger partial charge on any atom is -0.497 e. The zero-order chi connectivity index (χ0) is 17.5. The number of ether oxygens (including phenoxy) is 2. The number of anilines is 3. The van der Waals surface area contributed by atoms with Crippen LogP contribution in [0.25, 0.3) is 0 Å². The number of carbonyl (C=O) groups is 1. The van der Waals surface area contributed by atoms with Gasteiger partial charge in [-0.15, -0.1) is 10.2 Å². The van der Waals surface area contributed by atoms with Crippen molar-refractivity contribution in [1.82, 2.24) is 10.2 Å². The number of methoxy groups -OCH3 is 2. The van der Waals surface area contributed by atoms with E-state index in [9.17, 15) is 4.79 Å². The van der Waals surface area contributed by atoms with Crippen molar-refractivity contribution in [3.8, 4) is 11.5 Å². The molecule has 0 atom stereocenters. The highest BCUT2D eigenvalue weighted by Crippen LogP contribution is 2.30. The lowest BCUT2D eigenvalue weighted by Crippen LogP contribution is -2.15. The normalized spacial score (nSPS) is 10.4. The molecule has 0 aliphatic rings. The summed E-state index contributed by atoms with van der Waals surface area (Å²) in [5.74, 6) is 2.52. The molecule has 128 valence electrons. The summed E-state index contributed by atoms with van der Waals surface area (Å²) < 4.78 is 10.5. The number of hydrogen-bond donors (Lipinski definition) is 2. The summed E-state index contributed by atoms with van der Waals surface area (Å²) in [7, 11) is 3.19. The lowest BCUT2D eigenvalue weighted by Gasteiger charge is -2.12. The van der Waals surface area contributed by atoms with Gasteiger partial charge >= 0.3 is 0 Å². The number of rotatable bonds is 7. The van der Waals surface area contributed by atoms with Crippen molar-refractivity contribution < 1.29 is 14.3 Å². The van der Waals surface area contributed by atoms with E-state index in [0.29, 0.717) is 41.2 Å². The van der Waals surface area contributed by atoms with Crippen molar-refractivity contribution >= 4 is 23.2 Å². The average molecular weight is 330 g/mol. The molecule has 0 radical (unpaired) electrons. The van der Waals surface area contributed by atoms with Crippen LogP contribution in [0.4, 0.5) is 17.3 Å². The molecule has 1 heterocycles. The lowest BCUT2D eigenvalue weighted by atomic mass is 10.1. The van der Waals surface area contributed by atoms with Gasteiger partial charge in [0.25, 0.3) is 0 Å². The van der Waals surface area contributed by atoms with Gasteiger partial charge in [-0.2, -0.15) is 0 Å². The highest BCUT2D eigenvalue weighted by atomic mass is 16.5. The van der Waals surface area contributed by atoms with Crippen LogP contribution in [0.3, 0.4) is 0 Å². The van der Waals surface area contributed by atoms with Crippen molar-refractivity contribution in [3.05, 3.63) is 30.3 Å². The fourth-order valence-electron chi connectivity index (χ4n) is 2.08. The van der Waals surface area contributed by atoms with Crippen LogP contribution in [0.5, 0.6) is 11.5 Å². The number of nitrogens with zero attached hydrogens (tertiary/aromatic N) is 2. The van der Waals surface area contributed by atoms with Gasteiger partial charge in [0, 0.05) is 12.5 Å². The van der Waals surface area contributed by atoms with Crippen LogP contribution in [0.2, 0.25) is 0 Å². The van der Waals surface area contributed by atoms with Gasteiger partial charge in [-0.25, -0.2) is 0 Å². The van der Waals surface area contributed by atoms with Crippen molar-refractivity contribution in [1.29, 1.82) is 0 Å². The van der Waals surface area contributed by atoms with Crippen LogP contribution >= 0.6 is 0 Å². The Labute approximate surface area is 141 Å². The highest BCUT2D eigenvalue weighted by Gasteiger charge is 2.09. The van der Waals surface area contributed by atoms with Gasteiger partial charge in [-0.05, 0) is 30.2 Å². The maximum absolute atomic E-state index is 11.7. The molecule has 2 N–H and O–H groups in total. The molecule has 1 aromatic heterocycles. The number of benzene rings is 1. The predicted molar refractivity (Wildman–Crippen MR) is 92.9 cm³/mol. The molecule has 7 nitrogen and oxygen atoms in total. The number of nitrogens with one attached hydrogen (secondary N) is 2. The molecule has 0 fully saturated rings. The molecule has 24 heavy (non-hydrogen) atoms. The Bertz CT molecular complexity index is 687. The van der Waals surface area contributed by atoms with E-state index in [1.165, 1.54) is 0 Å². The Morgan fingerprint density at radius 2 is 1.79 bits per heavy atom. The molecule has 1 aromatic carbocycles. The van der Waals surface area contributed by atoms with Crippen LogP contribution < -0.4 is 20.1 Å². The molecule has 1 amide bonds. The second-order valence-corrected chi connectivity index (χ2v) is 5.64. The second kappa shape index (κ2) is 8.14. The number of carbonyl (C=O) groups excluding carboxylic acids is 1.